The molecule has 1 aromatic carbocycles. The van der Waals surface area contributed by atoms with E-state index < -0.39 is 11.7 Å². The maximum absolute atomic E-state index is 13.1. The van der Waals surface area contributed by atoms with Crippen molar-refractivity contribution in [1.82, 2.24) is 10.3 Å². The number of benzene rings is 1. The van der Waals surface area contributed by atoms with Crippen LogP contribution < -0.4 is 5.32 Å². The molecule has 0 atom stereocenters. The Morgan fingerprint density at radius 2 is 2.10 bits per heavy atom. The molecule has 1 heterocycles. The van der Waals surface area contributed by atoms with Gasteiger partial charge in [-0.15, -0.1) is 0 Å². The molecule has 2 rings (SSSR count). The first-order valence-corrected chi connectivity index (χ1v) is 6.73. The molecule has 1 aromatic heterocycles. The third kappa shape index (κ3) is 3.21. The Morgan fingerprint density at radius 1 is 1.35 bits per heavy atom. The molecule has 20 heavy (non-hydrogen) atoms. The summed E-state index contributed by atoms with van der Waals surface area (Å²) in [6, 6.07) is 3.96. The van der Waals surface area contributed by atoms with Gasteiger partial charge in [0.05, 0.1) is 5.56 Å². The van der Waals surface area contributed by atoms with Crippen LogP contribution in [-0.2, 0) is 12.7 Å². The average Bonchev–Trinajstić information content (AvgIpc) is 2.83. The predicted molar refractivity (Wildman–Crippen MR) is 72.0 cm³/mol. The lowest BCUT2D eigenvalue weighted by atomic mass is 10.0. The minimum absolute atomic E-state index is 0.00824. The summed E-state index contributed by atoms with van der Waals surface area (Å²) in [6.45, 7) is 2.95. The van der Waals surface area contributed by atoms with Gasteiger partial charge in [0.1, 0.15) is 5.69 Å². The van der Waals surface area contributed by atoms with E-state index in [0.717, 1.165) is 12.5 Å². The van der Waals surface area contributed by atoms with Crippen LogP contribution in [0.1, 0.15) is 18.2 Å². The van der Waals surface area contributed by atoms with Crippen LogP contribution in [0.15, 0.2) is 33.5 Å². The van der Waals surface area contributed by atoms with Gasteiger partial charge in [-0.3, -0.25) is 0 Å². The molecule has 0 aliphatic heterocycles. The summed E-state index contributed by atoms with van der Waals surface area (Å²) in [4.78, 5) is 3.97. The average molecular weight is 349 g/mol. The van der Waals surface area contributed by atoms with Crippen molar-refractivity contribution in [2.24, 2.45) is 0 Å². The molecular formula is C13H12BrF3N2O. The fourth-order valence-corrected chi connectivity index (χ4v) is 2.17. The quantitative estimate of drug-likeness (QED) is 0.898. The van der Waals surface area contributed by atoms with E-state index in [2.05, 4.69) is 26.2 Å². The number of oxazole rings is 1. The molecule has 0 amide bonds. The van der Waals surface area contributed by atoms with Crippen LogP contribution in [0.5, 0.6) is 0 Å². The van der Waals surface area contributed by atoms with E-state index in [1.807, 2.05) is 6.92 Å². The topological polar surface area (TPSA) is 38.1 Å². The molecule has 3 nitrogen and oxygen atoms in total. The highest BCUT2D eigenvalue weighted by Crippen LogP contribution is 2.39. The SMILES string of the molecule is CCNCc1ncoc1-c1ccc(Br)cc1C(F)(F)F. The second-order valence-corrected chi connectivity index (χ2v) is 5.01. The maximum Gasteiger partial charge on any atom is 0.417 e. The number of aromatic nitrogens is 1. The monoisotopic (exact) mass is 348 g/mol. The highest BCUT2D eigenvalue weighted by molar-refractivity contribution is 9.10. The molecule has 0 aliphatic rings. The normalized spacial score (nSPS) is 11.8. The van der Waals surface area contributed by atoms with Crippen molar-refractivity contribution >= 4 is 15.9 Å². The van der Waals surface area contributed by atoms with Gasteiger partial charge in [-0.05, 0) is 24.7 Å². The smallest absolute Gasteiger partial charge is 0.417 e. The summed E-state index contributed by atoms with van der Waals surface area (Å²) >= 11 is 3.05. The van der Waals surface area contributed by atoms with E-state index in [-0.39, 0.29) is 11.3 Å². The zero-order chi connectivity index (χ0) is 14.8. The van der Waals surface area contributed by atoms with Gasteiger partial charge < -0.3 is 9.73 Å². The minimum Gasteiger partial charge on any atom is -0.443 e. The zero-order valence-electron chi connectivity index (χ0n) is 10.6. The standard InChI is InChI=1S/C13H12BrF3N2O/c1-2-18-6-11-12(20-7-19-11)9-4-3-8(14)5-10(9)13(15,16)17/h3-5,7,18H,2,6H2,1H3. The van der Waals surface area contributed by atoms with E-state index in [0.29, 0.717) is 23.3 Å². The fraction of sp³-hybridized carbons (Fsp3) is 0.308. The predicted octanol–water partition coefficient (Wildman–Crippen LogP) is 4.23. The van der Waals surface area contributed by atoms with Crippen LogP contribution in [-0.4, -0.2) is 11.5 Å². The molecular weight excluding hydrogens is 337 g/mol. The van der Waals surface area contributed by atoms with E-state index in [9.17, 15) is 13.2 Å². The highest BCUT2D eigenvalue weighted by Gasteiger charge is 2.35. The summed E-state index contributed by atoms with van der Waals surface area (Å²) < 4.78 is 44.8. The molecule has 0 fully saturated rings. The van der Waals surface area contributed by atoms with Gasteiger partial charge in [0.15, 0.2) is 12.2 Å². The molecule has 0 saturated carbocycles. The van der Waals surface area contributed by atoms with Gasteiger partial charge in [0.25, 0.3) is 0 Å². The summed E-state index contributed by atoms with van der Waals surface area (Å²) in [7, 11) is 0. The Morgan fingerprint density at radius 3 is 2.75 bits per heavy atom. The third-order valence-corrected chi connectivity index (χ3v) is 3.21. The number of hydrogen-bond donors (Lipinski definition) is 1. The molecule has 7 heteroatoms. The van der Waals surface area contributed by atoms with Gasteiger partial charge in [0.2, 0.25) is 0 Å². The van der Waals surface area contributed by atoms with Crippen molar-refractivity contribution in [3.05, 3.63) is 40.3 Å². The number of halogens is 4. The minimum atomic E-state index is -4.46. The van der Waals surface area contributed by atoms with Crippen LogP contribution in [0.2, 0.25) is 0 Å². The summed E-state index contributed by atoms with van der Waals surface area (Å²) in [6.07, 6.45) is -3.30. The van der Waals surface area contributed by atoms with Gasteiger partial charge in [-0.1, -0.05) is 22.9 Å². The molecule has 2 aromatic rings. The van der Waals surface area contributed by atoms with E-state index >= 15 is 0 Å². The molecule has 0 radical (unpaired) electrons. The first-order chi connectivity index (χ1) is 9.43. The Labute approximate surface area is 122 Å². The Bertz CT molecular complexity index is 596. The summed E-state index contributed by atoms with van der Waals surface area (Å²) in [5, 5.41) is 3.02. The van der Waals surface area contributed by atoms with Crippen molar-refractivity contribution in [3.8, 4) is 11.3 Å². The second kappa shape index (κ2) is 5.97. The van der Waals surface area contributed by atoms with E-state index in [1.54, 1.807) is 6.07 Å². The number of nitrogens with one attached hydrogen (secondary N) is 1. The van der Waals surface area contributed by atoms with Crippen LogP contribution in [0.25, 0.3) is 11.3 Å². The van der Waals surface area contributed by atoms with Crippen molar-refractivity contribution < 1.29 is 17.6 Å². The lowest BCUT2D eigenvalue weighted by molar-refractivity contribution is -0.137. The highest BCUT2D eigenvalue weighted by atomic mass is 79.9. The van der Waals surface area contributed by atoms with Crippen molar-refractivity contribution in [2.45, 2.75) is 19.6 Å². The first-order valence-electron chi connectivity index (χ1n) is 5.93. The number of hydrogen-bond acceptors (Lipinski definition) is 3. The number of rotatable bonds is 4. The van der Waals surface area contributed by atoms with Gasteiger partial charge >= 0.3 is 6.18 Å². The van der Waals surface area contributed by atoms with Gasteiger partial charge in [-0.2, -0.15) is 13.2 Å². The lowest BCUT2D eigenvalue weighted by Gasteiger charge is -2.12. The van der Waals surface area contributed by atoms with Crippen molar-refractivity contribution in [3.63, 3.8) is 0 Å². The summed E-state index contributed by atoms with van der Waals surface area (Å²) in [5.41, 5.74) is -0.299. The number of nitrogens with zero attached hydrogens (tertiary/aromatic N) is 1. The van der Waals surface area contributed by atoms with Gasteiger partial charge in [-0.25, -0.2) is 4.98 Å². The Kier molecular flexibility index (Phi) is 4.49. The van der Waals surface area contributed by atoms with Crippen molar-refractivity contribution in [1.29, 1.82) is 0 Å². The van der Waals surface area contributed by atoms with E-state index in [1.165, 1.54) is 6.07 Å². The lowest BCUT2D eigenvalue weighted by Crippen LogP contribution is -2.13. The van der Waals surface area contributed by atoms with Crippen molar-refractivity contribution in [2.75, 3.05) is 6.54 Å². The third-order valence-electron chi connectivity index (χ3n) is 2.72. The summed E-state index contributed by atoms with van der Waals surface area (Å²) in [5.74, 6) is 0.144. The molecule has 1 N–H and O–H groups in total. The van der Waals surface area contributed by atoms with Crippen LogP contribution >= 0.6 is 15.9 Å². The van der Waals surface area contributed by atoms with Crippen LogP contribution in [0.4, 0.5) is 13.2 Å². The molecule has 0 spiro atoms. The van der Waals surface area contributed by atoms with Gasteiger partial charge in [0, 0.05) is 16.6 Å². The second-order valence-electron chi connectivity index (χ2n) is 4.10. The Hall–Kier alpha value is -1.34. The fourth-order valence-electron chi connectivity index (χ4n) is 1.81. The molecule has 0 bridgehead atoms. The van der Waals surface area contributed by atoms with Crippen LogP contribution in [0, 0.1) is 0 Å². The zero-order valence-corrected chi connectivity index (χ0v) is 12.2. The molecule has 108 valence electrons. The molecule has 0 aliphatic carbocycles. The first kappa shape index (κ1) is 15.1. The van der Waals surface area contributed by atoms with E-state index in [4.69, 9.17) is 4.42 Å². The maximum atomic E-state index is 13.1. The molecule has 0 unspecified atom stereocenters. The molecule has 0 saturated heterocycles. The van der Waals surface area contributed by atoms with Crippen LogP contribution in [0.3, 0.4) is 0 Å². The largest absolute Gasteiger partial charge is 0.443 e. The number of alkyl halides is 3. The Balaban J connectivity index is 2.50.